The molecule has 0 aromatic rings. The van der Waals surface area contributed by atoms with E-state index in [0.717, 1.165) is 11.4 Å². The van der Waals surface area contributed by atoms with Crippen molar-refractivity contribution in [1.29, 1.82) is 5.26 Å². The van der Waals surface area contributed by atoms with Crippen LogP contribution in [0.5, 0.6) is 0 Å². The Morgan fingerprint density at radius 3 is 1.79 bits per heavy atom. The van der Waals surface area contributed by atoms with Crippen LogP contribution < -0.4 is 5.32 Å². The largest absolute Gasteiger partial charge is 0.419 e. The van der Waals surface area contributed by atoms with Crippen LogP contribution in [0, 0.1) is 11.3 Å². The highest BCUT2D eigenvalue weighted by atomic mass is 19.4. The maximum atomic E-state index is 12.0. The molecule has 8 heteroatoms. The molecule has 0 saturated carbocycles. The third-order valence-corrected chi connectivity index (χ3v) is 1.43. The fourth-order valence-electron chi connectivity index (χ4n) is 0.480. The van der Waals surface area contributed by atoms with Gasteiger partial charge in [-0.25, -0.2) is 0 Å². The highest BCUT2D eigenvalue weighted by Gasteiger charge is 2.53. The van der Waals surface area contributed by atoms with Gasteiger partial charge in [0.25, 0.3) is 0 Å². The molecule has 2 nitrogen and oxygen atoms in total. The van der Waals surface area contributed by atoms with Gasteiger partial charge in [0.15, 0.2) is 5.54 Å². The predicted octanol–water partition coefficient (Wildman–Crippen LogP) is 1.98. The number of nitrogens with zero attached hydrogens (tertiary/aromatic N) is 1. The summed E-state index contributed by atoms with van der Waals surface area (Å²) in [7, 11) is 0. The molecule has 0 rings (SSSR count). The van der Waals surface area contributed by atoms with Gasteiger partial charge in [-0.05, 0) is 6.92 Å². The van der Waals surface area contributed by atoms with E-state index < -0.39 is 24.4 Å². The molecule has 0 spiro atoms. The summed E-state index contributed by atoms with van der Waals surface area (Å²) in [6.45, 7) is -1.52. The van der Waals surface area contributed by atoms with E-state index in [2.05, 4.69) is 0 Å². The second-order valence-corrected chi connectivity index (χ2v) is 2.70. The SMILES string of the molecule is CC(C#N)(NCC(F)(F)F)C(F)(F)F. The maximum Gasteiger partial charge on any atom is 0.419 e. The van der Waals surface area contributed by atoms with Crippen LogP contribution >= 0.6 is 0 Å². The molecular formula is C6H6F6N2. The molecular weight excluding hydrogens is 214 g/mol. The minimum atomic E-state index is -5.05. The van der Waals surface area contributed by atoms with Crippen molar-refractivity contribution in [3.05, 3.63) is 0 Å². The summed E-state index contributed by atoms with van der Waals surface area (Å²) in [6, 6.07) is 0.755. The zero-order valence-corrected chi connectivity index (χ0v) is 6.92. The number of hydrogen-bond acceptors (Lipinski definition) is 2. The van der Waals surface area contributed by atoms with Gasteiger partial charge in [0, 0.05) is 0 Å². The lowest BCUT2D eigenvalue weighted by Gasteiger charge is -2.26. The molecule has 0 amide bonds. The van der Waals surface area contributed by atoms with E-state index in [9.17, 15) is 26.3 Å². The molecule has 1 unspecified atom stereocenters. The van der Waals surface area contributed by atoms with Crippen molar-refractivity contribution in [2.45, 2.75) is 24.8 Å². The van der Waals surface area contributed by atoms with E-state index in [1.807, 2.05) is 0 Å². The number of nitrogens with one attached hydrogen (secondary N) is 1. The van der Waals surface area contributed by atoms with Gasteiger partial charge < -0.3 is 0 Å². The zero-order valence-electron chi connectivity index (χ0n) is 6.92. The topological polar surface area (TPSA) is 35.8 Å². The van der Waals surface area contributed by atoms with Gasteiger partial charge in [-0.1, -0.05) is 0 Å². The summed E-state index contributed by atoms with van der Waals surface area (Å²) in [5.41, 5.74) is -3.18. The van der Waals surface area contributed by atoms with Crippen LogP contribution in [0.2, 0.25) is 0 Å². The minimum absolute atomic E-state index is 0.346. The van der Waals surface area contributed by atoms with Crippen LogP contribution in [0.4, 0.5) is 26.3 Å². The number of hydrogen-bond donors (Lipinski definition) is 1. The Morgan fingerprint density at radius 1 is 1.14 bits per heavy atom. The lowest BCUT2D eigenvalue weighted by molar-refractivity contribution is -0.185. The van der Waals surface area contributed by atoms with E-state index in [1.165, 1.54) is 0 Å². The van der Waals surface area contributed by atoms with Crippen LogP contribution in [-0.2, 0) is 0 Å². The Hall–Kier alpha value is -0.970. The zero-order chi connectivity index (χ0) is 11.6. The molecule has 1 atom stereocenters. The van der Waals surface area contributed by atoms with Crippen molar-refractivity contribution in [3.63, 3.8) is 0 Å². The fourth-order valence-corrected chi connectivity index (χ4v) is 0.480. The first kappa shape index (κ1) is 13.0. The smallest absolute Gasteiger partial charge is 0.284 e. The highest BCUT2D eigenvalue weighted by molar-refractivity contribution is 5.09. The first-order valence-corrected chi connectivity index (χ1v) is 3.31. The van der Waals surface area contributed by atoms with Crippen molar-refractivity contribution in [3.8, 4) is 6.07 Å². The molecule has 1 N–H and O–H groups in total. The van der Waals surface area contributed by atoms with Crippen LogP contribution in [-0.4, -0.2) is 24.4 Å². The Labute approximate surface area is 75.5 Å². The molecule has 0 aromatic carbocycles. The normalized spacial score (nSPS) is 17.3. The van der Waals surface area contributed by atoms with Gasteiger partial charge in [-0.2, -0.15) is 31.6 Å². The quantitative estimate of drug-likeness (QED) is 0.722. The van der Waals surface area contributed by atoms with E-state index in [-0.39, 0.29) is 0 Å². The van der Waals surface area contributed by atoms with E-state index in [1.54, 1.807) is 0 Å². The van der Waals surface area contributed by atoms with Crippen LogP contribution in [0.25, 0.3) is 0 Å². The maximum absolute atomic E-state index is 12.0. The lowest BCUT2D eigenvalue weighted by atomic mass is 10.0. The summed E-state index contributed by atoms with van der Waals surface area (Å²) < 4.78 is 70.8. The third-order valence-electron chi connectivity index (χ3n) is 1.43. The number of nitriles is 1. The highest BCUT2D eigenvalue weighted by Crippen LogP contribution is 2.30. The molecule has 0 aliphatic heterocycles. The molecule has 82 valence electrons. The molecule has 0 saturated heterocycles. The average molecular weight is 220 g/mol. The standard InChI is InChI=1S/C6H6F6N2/c1-4(2-13,6(10,11)12)14-3-5(7,8)9/h14H,3H2,1H3. The van der Waals surface area contributed by atoms with E-state index in [4.69, 9.17) is 5.26 Å². The van der Waals surface area contributed by atoms with E-state index >= 15 is 0 Å². The summed E-state index contributed by atoms with van der Waals surface area (Å²) in [5.74, 6) is 0. The van der Waals surface area contributed by atoms with Crippen LogP contribution in [0.15, 0.2) is 0 Å². The summed E-state index contributed by atoms with van der Waals surface area (Å²) in [4.78, 5) is 0. The van der Waals surface area contributed by atoms with E-state index in [0.29, 0.717) is 6.92 Å². The van der Waals surface area contributed by atoms with Crippen LogP contribution in [0.3, 0.4) is 0 Å². The minimum Gasteiger partial charge on any atom is -0.284 e. The summed E-state index contributed by atoms with van der Waals surface area (Å²) in [6.07, 6.45) is -9.84. The summed E-state index contributed by atoms with van der Waals surface area (Å²) in [5, 5.41) is 9.23. The molecule has 0 heterocycles. The van der Waals surface area contributed by atoms with Crippen molar-refractivity contribution in [1.82, 2.24) is 5.32 Å². The van der Waals surface area contributed by atoms with Gasteiger partial charge >= 0.3 is 12.4 Å². The Kier molecular flexibility index (Phi) is 3.40. The van der Waals surface area contributed by atoms with Gasteiger partial charge in [0.05, 0.1) is 12.6 Å². The molecule has 0 radical (unpaired) electrons. The first-order chi connectivity index (χ1) is 6.02. The molecule has 0 aliphatic rings. The predicted molar refractivity (Wildman–Crippen MR) is 34.1 cm³/mol. The summed E-state index contributed by atoms with van der Waals surface area (Å²) >= 11 is 0. The molecule has 0 aromatic heterocycles. The Bertz CT molecular complexity index is 236. The molecule has 14 heavy (non-hydrogen) atoms. The Morgan fingerprint density at radius 2 is 1.57 bits per heavy atom. The lowest BCUT2D eigenvalue weighted by Crippen LogP contribution is -2.55. The first-order valence-electron chi connectivity index (χ1n) is 3.31. The average Bonchev–Trinajstić information content (AvgIpc) is 1.96. The van der Waals surface area contributed by atoms with Gasteiger partial charge in [-0.15, -0.1) is 0 Å². The number of alkyl halides is 6. The fraction of sp³-hybridized carbons (Fsp3) is 0.833. The monoisotopic (exact) mass is 220 g/mol. The number of halogens is 6. The second-order valence-electron chi connectivity index (χ2n) is 2.70. The van der Waals surface area contributed by atoms with Crippen LogP contribution in [0.1, 0.15) is 6.92 Å². The van der Waals surface area contributed by atoms with Gasteiger partial charge in [0.1, 0.15) is 0 Å². The van der Waals surface area contributed by atoms with Crippen molar-refractivity contribution in [2.24, 2.45) is 0 Å². The van der Waals surface area contributed by atoms with Gasteiger partial charge in [0.2, 0.25) is 0 Å². The molecule has 0 fully saturated rings. The Balaban J connectivity index is 4.54. The van der Waals surface area contributed by atoms with Crippen molar-refractivity contribution < 1.29 is 26.3 Å². The molecule has 0 aliphatic carbocycles. The molecule has 0 bridgehead atoms. The van der Waals surface area contributed by atoms with Crippen molar-refractivity contribution in [2.75, 3.05) is 6.54 Å². The third kappa shape index (κ3) is 3.41. The second kappa shape index (κ2) is 3.65. The van der Waals surface area contributed by atoms with Gasteiger partial charge in [-0.3, -0.25) is 5.32 Å². The number of rotatable bonds is 2. The van der Waals surface area contributed by atoms with Crippen molar-refractivity contribution >= 4 is 0 Å².